The molecule has 1 aliphatic carbocycles. The summed E-state index contributed by atoms with van der Waals surface area (Å²) in [5, 5.41) is 7.99. The summed E-state index contributed by atoms with van der Waals surface area (Å²) in [6, 6.07) is 8.28. The largest absolute Gasteiger partial charge is 0.316 e. The normalized spacial score (nSPS) is 22.9. The lowest BCUT2D eigenvalue weighted by atomic mass is 9.71. The molecule has 3 rings (SSSR count). The molecule has 1 aliphatic heterocycles. The van der Waals surface area contributed by atoms with E-state index in [4.69, 9.17) is 11.6 Å². The molecule has 1 saturated heterocycles. The van der Waals surface area contributed by atoms with Crippen molar-refractivity contribution < 1.29 is 0 Å². The predicted octanol–water partition coefficient (Wildman–Crippen LogP) is 2.53. The summed E-state index contributed by atoms with van der Waals surface area (Å²) in [7, 11) is 0. The van der Waals surface area contributed by atoms with Crippen molar-refractivity contribution in [1.82, 2.24) is 10.6 Å². The van der Waals surface area contributed by atoms with Crippen LogP contribution in [0.3, 0.4) is 0 Å². The van der Waals surface area contributed by atoms with Gasteiger partial charge in [0.05, 0.1) is 0 Å². The molecule has 2 N–H and O–H groups in total. The van der Waals surface area contributed by atoms with Crippen LogP contribution in [0.5, 0.6) is 0 Å². The van der Waals surface area contributed by atoms with Gasteiger partial charge in [0.25, 0.3) is 0 Å². The van der Waals surface area contributed by atoms with Gasteiger partial charge < -0.3 is 10.6 Å². The van der Waals surface area contributed by atoms with E-state index in [0.29, 0.717) is 0 Å². The molecule has 0 radical (unpaired) electrons. The van der Waals surface area contributed by atoms with Gasteiger partial charge in [0, 0.05) is 30.2 Å². The average Bonchev–Trinajstić information content (AvgIpc) is 2.21. The highest BCUT2D eigenvalue weighted by atomic mass is 35.5. The van der Waals surface area contributed by atoms with Crippen LogP contribution in [-0.4, -0.2) is 19.6 Å². The lowest BCUT2D eigenvalue weighted by molar-refractivity contribution is 0.165. The molecule has 0 bridgehead atoms. The first-order chi connectivity index (χ1) is 8.30. The van der Waals surface area contributed by atoms with E-state index in [1.165, 1.54) is 24.8 Å². The zero-order chi connectivity index (χ0) is 11.7. The predicted molar refractivity (Wildman–Crippen MR) is 71.3 cm³/mol. The fourth-order valence-electron chi connectivity index (χ4n) is 2.75. The van der Waals surface area contributed by atoms with Crippen LogP contribution >= 0.6 is 11.6 Å². The Labute approximate surface area is 108 Å². The zero-order valence-corrected chi connectivity index (χ0v) is 10.8. The quantitative estimate of drug-likeness (QED) is 0.858. The fraction of sp³-hybridized carbons (Fsp3) is 0.571. The van der Waals surface area contributed by atoms with E-state index in [-0.39, 0.29) is 5.54 Å². The van der Waals surface area contributed by atoms with Crippen molar-refractivity contribution >= 4 is 11.6 Å². The molecule has 0 unspecified atom stereocenters. The van der Waals surface area contributed by atoms with Crippen LogP contribution in [0.1, 0.15) is 24.8 Å². The van der Waals surface area contributed by atoms with Gasteiger partial charge >= 0.3 is 0 Å². The van der Waals surface area contributed by atoms with Crippen LogP contribution in [-0.2, 0) is 5.54 Å². The van der Waals surface area contributed by atoms with E-state index < -0.39 is 0 Å². The SMILES string of the molecule is Clc1ccccc1C1(NCC2CNC2)CCC1. The first-order valence-electron chi connectivity index (χ1n) is 6.51. The van der Waals surface area contributed by atoms with Crippen molar-refractivity contribution in [2.45, 2.75) is 24.8 Å². The summed E-state index contributed by atoms with van der Waals surface area (Å²) in [4.78, 5) is 0. The minimum atomic E-state index is 0.161. The molecule has 1 aromatic rings. The van der Waals surface area contributed by atoms with Crippen LogP contribution in [0.25, 0.3) is 0 Å². The van der Waals surface area contributed by atoms with Gasteiger partial charge in [-0.15, -0.1) is 0 Å². The molecule has 1 heterocycles. The third-order valence-electron chi connectivity index (χ3n) is 4.19. The van der Waals surface area contributed by atoms with Crippen molar-refractivity contribution in [1.29, 1.82) is 0 Å². The second-order valence-corrected chi connectivity index (χ2v) is 5.73. The number of hydrogen-bond donors (Lipinski definition) is 2. The number of nitrogens with one attached hydrogen (secondary N) is 2. The van der Waals surface area contributed by atoms with Crippen LogP contribution in [0.4, 0.5) is 0 Å². The molecule has 17 heavy (non-hydrogen) atoms. The Morgan fingerprint density at radius 3 is 2.59 bits per heavy atom. The second kappa shape index (κ2) is 4.60. The number of rotatable bonds is 4. The molecule has 92 valence electrons. The maximum Gasteiger partial charge on any atom is 0.0456 e. The van der Waals surface area contributed by atoms with Gasteiger partial charge in [-0.2, -0.15) is 0 Å². The van der Waals surface area contributed by atoms with E-state index in [1.54, 1.807) is 0 Å². The third-order valence-corrected chi connectivity index (χ3v) is 4.52. The first kappa shape index (κ1) is 11.5. The Hall–Kier alpha value is -0.570. The van der Waals surface area contributed by atoms with E-state index in [0.717, 1.165) is 30.6 Å². The molecular weight excluding hydrogens is 232 g/mol. The maximum absolute atomic E-state index is 6.33. The molecule has 3 heteroatoms. The Morgan fingerprint density at radius 2 is 2.06 bits per heavy atom. The smallest absolute Gasteiger partial charge is 0.0456 e. The summed E-state index contributed by atoms with van der Waals surface area (Å²) in [5.74, 6) is 0.801. The van der Waals surface area contributed by atoms with E-state index in [1.807, 2.05) is 12.1 Å². The number of benzene rings is 1. The van der Waals surface area contributed by atoms with Gasteiger partial charge in [0.2, 0.25) is 0 Å². The molecule has 0 amide bonds. The van der Waals surface area contributed by atoms with Crippen molar-refractivity contribution in [2.75, 3.05) is 19.6 Å². The Bertz CT molecular complexity index is 397. The second-order valence-electron chi connectivity index (χ2n) is 5.32. The van der Waals surface area contributed by atoms with Crippen molar-refractivity contribution in [3.8, 4) is 0 Å². The molecule has 2 aliphatic rings. The highest BCUT2D eigenvalue weighted by Gasteiger charge is 2.40. The van der Waals surface area contributed by atoms with Gasteiger partial charge in [-0.05, 0) is 36.8 Å². The Kier molecular flexibility index (Phi) is 3.12. The lowest BCUT2D eigenvalue weighted by Crippen LogP contribution is -2.54. The first-order valence-corrected chi connectivity index (χ1v) is 6.89. The number of hydrogen-bond acceptors (Lipinski definition) is 2. The van der Waals surface area contributed by atoms with Gasteiger partial charge in [-0.1, -0.05) is 29.8 Å². The minimum absolute atomic E-state index is 0.161. The van der Waals surface area contributed by atoms with Crippen LogP contribution in [0, 0.1) is 5.92 Å². The Morgan fingerprint density at radius 1 is 1.29 bits per heavy atom. The van der Waals surface area contributed by atoms with Crippen LogP contribution in [0.2, 0.25) is 5.02 Å². The highest BCUT2D eigenvalue weighted by molar-refractivity contribution is 6.31. The van der Waals surface area contributed by atoms with Gasteiger partial charge in [-0.25, -0.2) is 0 Å². The summed E-state index contributed by atoms with van der Waals surface area (Å²) >= 11 is 6.33. The van der Waals surface area contributed by atoms with Crippen molar-refractivity contribution in [3.63, 3.8) is 0 Å². The third kappa shape index (κ3) is 2.10. The molecule has 1 aromatic carbocycles. The summed E-state index contributed by atoms with van der Waals surface area (Å²) < 4.78 is 0. The topological polar surface area (TPSA) is 24.1 Å². The van der Waals surface area contributed by atoms with E-state index in [2.05, 4.69) is 22.8 Å². The number of halogens is 1. The molecule has 2 fully saturated rings. The van der Waals surface area contributed by atoms with Gasteiger partial charge in [0.15, 0.2) is 0 Å². The molecule has 0 aromatic heterocycles. The van der Waals surface area contributed by atoms with Gasteiger partial charge in [-0.3, -0.25) is 0 Å². The van der Waals surface area contributed by atoms with Crippen LogP contribution < -0.4 is 10.6 Å². The molecule has 0 atom stereocenters. The molecular formula is C14H19ClN2. The average molecular weight is 251 g/mol. The summed E-state index contributed by atoms with van der Waals surface area (Å²) in [6.07, 6.45) is 3.74. The van der Waals surface area contributed by atoms with Crippen LogP contribution in [0.15, 0.2) is 24.3 Å². The highest BCUT2D eigenvalue weighted by Crippen LogP contribution is 2.43. The Balaban J connectivity index is 1.74. The molecule has 0 spiro atoms. The standard InChI is InChI=1S/C14H19ClN2/c15-13-5-2-1-4-12(13)14(6-3-7-14)17-10-11-8-16-9-11/h1-2,4-5,11,16-17H,3,6-10H2. The fourth-order valence-corrected chi connectivity index (χ4v) is 3.07. The monoisotopic (exact) mass is 250 g/mol. The summed E-state index contributed by atoms with van der Waals surface area (Å²) in [6.45, 7) is 3.43. The minimum Gasteiger partial charge on any atom is -0.316 e. The van der Waals surface area contributed by atoms with Gasteiger partial charge in [0.1, 0.15) is 0 Å². The molecule has 1 saturated carbocycles. The van der Waals surface area contributed by atoms with Crippen molar-refractivity contribution in [3.05, 3.63) is 34.9 Å². The van der Waals surface area contributed by atoms with E-state index >= 15 is 0 Å². The lowest BCUT2D eigenvalue weighted by Gasteiger charge is -2.45. The van der Waals surface area contributed by atoms with Crippen molar-refractivity contribution in [2.24, 2.45) is 5.92 Å². The zero-order valence-electron chi connectivity index (χ0n) is 10.0. The molecule has 2 nitrogen and oxygen atoms in total. The maximum atomic E-state index is 6.33. The summed E-state index contributed by atoms with van der Waals surface area (Å²) in [5.41, 5.74) is 1.45. The van der Waals surface area contributed by atoms with E-state index in [9.17, 15) is 0 Å².